The molecule has 0 unspecified atom stereocenters. The van der Waals surface area contributed by atoms with E-state index in [0.29, 0.717) is 0 Å². The molecule has 0 aliphatic rings. The molecule has 0 aromatic carbocycles. The molecule has 0 aromatic heterocycles. The normalized spacial score (nSPS) is 0. The summed E-state index contributed by atoms with van der Waals surface area (Å²) in [5.74, 6) is 0. The zero-order valence-electron chi connectivity index (χ0n) is 1.80. The summed E-state index contributed by atoms with van der Waals surface area (Å²) in [5, 5.41) is 0. The van der Waals surface area contributed by atoms with Crippen LogP contribution >= 0.6 is 0 Å². The molecule has 0 saturated heterocycles. The first-order valence-electron chi connectivity index (χ1n) is 0. The molecule has 0 aliphatic heterocycles. The average Bonchev–Trinajstić information content (AvgIpc) is 0. The molecule has 0 spiro atoms. The van der Waals surface area contributed by atoms with E-state index < -0.39 is 0 Å². The van der Waals surface area contributed by atoms with Gasteiger partial charge in [-0.15, -0.1) is 0 Å². The maximum Gasteiger partial charge on any atom is 0.316 e. The van der Waals surface area contributed by atoms with Crippen molar-refractivity contribution in [2.75, 3.05) is 0 Å². The molecule has 4 heteroatoms. The minimum atomic E-state index is 0. The summed E-state index contributed by atoms with van der Waals surface area (Å²) < 4.78 is 0. The van der Waals surface area contributed by atoms with Gasteiger partial charge in [-0.25, -0.2) is 0 Å². The van der Waals surface area contributed by atoms with E-state index in [-0.39, 0.29) is 94.5 Å². The smallest absolute Gasteiger partial charge is 0.316 e. The Morgan fingerprint density at radius 1 is 1.00 bits per heavy atom. The van der Waals surface area contributed by atoms with E-state index in [2.05, 4.69) is 0 Å². The molecule has 4 heavy (non-hydrogen) atoms. The van der Waals surface area contributed by atoms with E-state index in [0.717, 1.165) is 0 Å². The van der Waals surface area contributed by atoms with Crippen LogP contribution in [0.3, 0.4) is 0 Å². The molecule has 0 aromatic rings. The topological polar surface area (TPSA) is 30.0 Å². The Labute approximate surface area is 92.3 Å². The number of hydrogen-bond acceptors (Lipinski definition) is 1. The van der Waals surface area contributed by atoms with E-state index >= 15 is 0 Å². The van der Waals surface area contributed by atoms with Gasteiger partial charge in [-0.2, -0.15) is 0 Å². The van der Waals surface area contributed by atoms with E-state index in [9.17, 15) is 0 Å². The van der Waals surface area contributed by atoms with Gasteiger partial charge in [0, 0.05) is 17.1 Å². The Kier molecular flexibility index (Phi) is 124. The standard InChI is InChI=1S/Ba.Fe.Mg.H2O.3H/h;;;1H2;;;/q+1;;;;;;/p-1. The third-order valence-electron chi connectivity index (χ3n) is 0. The summed E-state index contributed by atoms with van der Waals surface area (Å²) in [6.45, 7) is 0. The van der Waals surface area contributed by atoms with Gasteiger partial charge in [0.15, 0.2) is 0 Å². The van der Waals surface area contributed by atoms with Gasteiger partial charge in [-0.1, -0.05) is 0 Å². The molecular formula is H4BaFeMgO. The van der Waals surface area contributed by atoms with Crippen molar-refractivity contribution in [3.63, 3.8) is 0 Å². The Balaban J connectivity index is 0. The predicted octanol–water partition coefficient (Wildman–Crippen LogP) is -1.74. The summed E-state index contributed by atoms with van der Waals surface area (Å²) in [4.78, 5) is 0. The fourth-order valence-electron chi connectivity index (χ4n) is 0. The molecule has 0 fully saturated rings. The molecule has 0 aliphatic carbocycles. The maximum absolute atomic E-state index is 0. The Morgan fingerprint density at radius 2 is 1.00 bits per heavy atom. The quantitative estimate of drug-likeness (QED) is 0.460. The Bertz CT molecular complexity index is 8.00. The van der Waals surface area contributed by atoms with Crippen LogP contribution in [0.25, 0.3) is 0 Å². The molecule has 0 rings (SSSR count). The Morgan fingerprint density at radius 3 is 1.00 bits per heavy atom. The van der Waals surface area contributed by atoms with Gasteiger partial charge in [0.1, 0.15) is 0 Å². The van der Waals surface area contributed by atoms with Gasteiger partial charge in [-0.3, -0.25) is 0 Å². The summed E-state index contributed by atoms with van der Waals surface area (Å²) in [7, 11) is 0. The van der Waals surface area contributed by atoms with Crippen molar-refractivity contribution >= 4 is 71.9 Å². The molecule has 0 bridgehead atoms. The molecule has 22 valence electrons. The fourth-order valence-corrected chi connectivity index (χ4v) is 0. The van der Waals surface area contributed by atoms with Crippen LogP contribution in [0.1, 0.15) is 0 Å². The second kappa shape index (κ2) is 17.0. The molecular weight excluding hydrogens is 233 g/mol. The number of rotatable bonds is 0. The molecule has 0 radical (unpaired) electrons. The van der Waals surface area contributed by atoms with Gasteiger partial charge in [-0.05, 0) is 0 Å². The molecule has 0 heterocycles. The van der Waals surface area contributed by atoms with E-state index in [1.807, 2.05) is 0 Å². The van der Waals surface area contributed by atoms with Gasteiger partial charge in [0.05, 0.1) is 0 Å². The predicted molar refractivity (Wildman–Crippen MR) is 17.6 cm³/mol. The van der Waals surface area contributed by atoms with Crippen molar-refractivity contribution in [2.24, 2.45) is 0 Å². The van der Waals surface area contributed by atoms with Crippen molar-refractivity contribution in [1.29, 1.82) is 0 Å². The minimum Gasteiger partial charge on any atom is -0.870 e. The van der Waals surface area contributed by atoms with Gasteiger partial charge >= 0.3 is 71.9 Å². The van der Waals surface area contributed by atoms with Crippen LogP contribution in [0.2, 0.25) is 0 Å². The van der Waals surface area contributed by atoms with Crippen LogP contribution < -0.4 is 0 Å². The van der Waals surface area contributed by atoms with Crippen LogP contribution in [-0.4, -0.2) is 77.4 Å². The van der Waals surface area contributed by atoms with Crippen molar-refractivity contribution < 1.29 is 22.5 Å². The van der Waals surface area contributed by atoms with Crippen molar-refractivity contribution in [3.8, 4) is 0 Å². The minimum absolute atomic E-state index is 0. The van der Waals surface area contributed by atoms with Gasteiger partial charge in [0.2, 0.25) is 0 Å². The van der Waals surface area contributed by atoms with Crippen LogP contribution in [0.5, 0.6) is 0 Å². The molecule has 0 saturated carbocycles. The molecule has 1 N–H and O–H groups in total. The zero-order chi connectivity index (χ0) is 0. The van der Waals surface area contributed by atoms with Crippen LogP contribution in [0.15, 0.2) is 0 Å². The molecule has 0 amide bonds. The van der Waals surface area contributed by atoms with Gasteiger partial charge in [0.25, 0.3) is 0 Å². The second-order valence-corrected chi connectivity index (χ2v) is 0. The summed E-state index contributed by atoms with van der Waals surface area (Å²) in [5.41, 5.74) is 0. The van der Waals surface area contributed by atoms with Crippen molar-refractivity contribution in [1.82, 2.24) is 0 Å². The SMILES string of the molecule is [BaH+].[Fe].[MgH2].[OH-]. The number of hydrogen-bond donors (Lipinski definition) is 0. The van der Waals surface area contributed by atoms with Crippen molar-refractivity contribution in [3.05, 3.63) is 0 Å². The van der Waals surface area contributed by atoms with E-state index in [1.54, 1.807) is 0 Å². The van der Waals surface area contributed by atoms with E-state index in [1.165, 1.54) is 0 Å². The van der Waals surface area contributed by atoms with Crippen LogP contribution in [0, 0.1) is 0 Å². The largest absolute Gasteiger partial charge is 0.870 e. The molecule has 1 nitrogen and oxygen atoms in total. The average molecular weight is 238 g/mol. The third-order valence-corrected chi connectivity index (χ3v) is 0. The second-order valence-electron chi connectivity index (χ2n) is 0. The third kappa shape index (κ3) is 8.84. The Hall–Kier alpha value is 2.82. The summed E-state index contributed by atoms with van der Waals surface area (Å²) in [6.07, 6.45) is 0. The monoisotopic (exact) mass is 238 g/mol. The maximum atomic E-state index is 0. The first-order chi connectivity index (χ1) is 0. The molecule has 0 atom stereocenters. The van der Waals surface area contributed by atoms with Crippen LogP contribution in [0.4, 0.5) is 0 Å². The first-order valence-corrected chi connectivity index (χ1v) is 0. The zero-order valence-corrected chi connectivity index (χ0v) is 9.19. The van der Waals surface area contributed by atoms with Crippen LogP contribution in [-0.2, 0) is 17.1 Å². The summed E-state index contributed by atoms with van der Waals surface area (Å²) in [6, 6.07) is 0. The van der Waals surface area contributed by atoms with Crippen molar-refractivity contribution in [2.45, 2.75) is 0 Å². The summed E-state index contributed by atoms with van der Waals surface area (Å²) >= 11 is 0. The fraction of sp³-hybridized carbons (Fsp3) is 0. The first kappa shape index (κ1) is 29.1. The van der Waals surface area contributed by atoms with E-state index in [4.69, 9.17) is 0 Å². The van der Waals surface area contributed by atoms with Gasteiger partial charge < -0.3 is 5.48 Å².